The summed E-state index contributed by atoms with van der Waals surface area (Å²) in [5, 5.41) is 10.4. The Morgan fingerprint density at radius 2 is 1.93 bits per heavy atom. The minimum absolute atomic E-state index is 0. The first-order valence-corrected chi connectivity index (χ1v) is 9.70. The van der Waals surface area contributed by atoms with Crippen LogP contribution < -0.4 is 21.3 Å². The molecule has 1 aliphatic rings. The highest BCUT2D eigenvalue weighted by Crippen LogP contribution is 2.33. The summed E-state index contributed by atoms with van der Waals surface area (Å²) in [6.07, 6.45) is 0. The maximum absolute atomic E-state index is 12.8. The van der Waals surface area contributed by atoms with Gasteiger partial charge < -0.3 is 20.5 Å². The standard InChI is InChI=1S/C18H18Cl2N6O3.ClH/c1-9-13(19)14(20)15(22-9)17(27)23-11-3-2-10(16-24-18(28)29-25-16)8-12(11)26-6-4-21-5-7-26;/h2-3,8,21-22H,4-7H2,1H3,(H,23,27)(H,24,25,28);1H. The number of hydrogen-bond donors (Lipinski definition) is 4. The van der Waals surface area contributed by atoms with Gasteiger partial charge in [0.1, 0.15) is 5.69 Å². The number of aromatic nitrogens is 3. The van der Waals surface area contributed by atoms with Crippen LogP contribution in [0.1, 0.15) is 16.2 Å². The Balaban J connectivity index is 0.00000256. The average molecular weight is 474 g/mol. The lowest BCUT2D eigenvalue weighted by Crippen LogP contribution is -2.43. The van der Waals surface area contributed by atoms with E-state index >= 15 is 0 Å². The molecule has 160 valence electrons. The van der Waals surface area contributed by atoms with E-state index in [4.69, 9.17) is 23.2 Å². The molecule has 0 saturated carbocycles. The summed E-state index contributed by atoms with van der Waals surface area (Å²) in [6.45, 7) is 4.89. The lowest BCUT2D eigenvalue weighted by Gasteiger charge is -2.31. The topological polar surface area (TPSA) is 119 Å². The maximum Gasteiger partial charge on any atom is 0.439 e. The van der Waals surface area contributed by atoms with Crippen LogP contribution in [0.4, 0.5) is 11.4 Å². The molecular weight excluding hydrogens is 455 g/mol. The molecule has 12 heteroatoms. The molecule has 2 aromatic heterocycles. The van der Waals surface area contributed by atoms with Crippen LogP contribution in [0.5, 0.6) is 0 Å². The number of aryl methyl sites for hydroxylation is 1. The van der Waals surface area contributed by atoms with Crippen LogP contribution in [0, 0.1) is 6.92 Å². The molecule has 0 spiro atoms. The Kier molecular flexibility index (Phi) is 6.77. The zero-order valence-corrected chi connectivity index (χ0v) is 18.2. The van der Waals surface area contributed by atoms with Crippen molar-refractivity contribution >= 4 is 52.9 Å². The Bertz CT molecular complexity index is 1120. The fourth-order valence-corrected chi connectivity index (χ4v) is 3.64. The monoisotopic (exact) mass is 472 g/mol. The molecule has 3 heterocycles. The number of benzene rings is 1. The van der Waals surface area contributed by atoms with Crippen LogP contribution in [0.15, 0.2) is 27.5 Å². The van der Waals surface area contributed by atoms with Gasteiger partial charge in [-0.05, 0) is 25.1 Å². The number of aromatic amines is 2. The molecule has 1 amide bonds. The van der Waals surface area contributed by atoms with Gasteiger partial charge in [0.15, 0.2) is 5.82 Å². The molecular formula is C18H19Cl3N6O3. The van der Waals surface area contributed by atoms with Crippen LogP contribution >= 0.6 is 35.6 Å². The molecule has 1 saturated heterocycles. The van der Waals surface area contributed by atoms with Gasteiger partial charge in [-0.2, -0.15) is 0 Å². The SMILES string of the molecule is Cc1[nH]c(C(=O)Nc2ccc(-c3noc(=O)[nH]3)cc2N2CCNCC2)c(Cl)c1Cl.Cl. The third-order valence-electron chi connectivity index (χ3n) is 4.70. The summed E-state index contributed by atoms with van der Waals surface area (Å²) in [7, 11) is 0. The van der Waals surface area contributed by atoms with Crippen molar-refractivity contribution in [1.82, 2.24) is 20.4 Å². The molecule has 1 aliphatic heterocycles. The molecule has 1 fully saturated rings. The highest BCUT2D eigenvalue weighted by molar-refractivity contribution is 6.44. The predicted molar refractivity (Wildman–Crippen MR) is 118 cm³/mol. The molecule has 0 unspecified atom stereocenters. The summed E-state index contributed by atoms with van der Waals surface area (Å²) >= 11 is 12.3. The minimum atomic E-state index is -0.630. The maximum atomic E-state index is 12.8. The fourth-order valence-electron chi connectivity index (χ4n) is 3.22. The van der Waals surface area contributed by atoms with Crippen molar-refractivity contribution in [2.45, 2.75) is 6.92 Å². The Morgan fingerprint density at radius 3 is 2.53 bits per heavy atom. The molecule has 4 N–H and O–H groups in total. The summed E-state index contributed by atoms with van der Waals surface area (Å²) in [4.78, 5) is 31.7. The van der Waals surface area contributed by atoms with E-state index in [1.807, 2.05) is 6.07 Å². The molecule has 3 aromatic rings. The molecule has 0 atom stereocenters. The number of rotatable bonds is 4. The van der Waals surface area contributed by atoms with Gasteiger partial charge in [0, 0.05) is 37.4 Å². The van der Waals surface area contributed by atoms with Gasteiger partial charge in [-0.3, -0.25) is 14.3 Å². The third kappa shape index (κ3) is 4.34. The lowest BCUT2D eigenvalue weighted by molar-refractivity contribution is 0.102. The Hall–Kier alpha value is -2.46. The van der Waals surface area contributed by atoms with Crippen LogP contribution in [-0.2, 0) is 0 Å². The fraction of sp³-hybridized carbons (Fsp3) is 0.278. The second-order valence-corrected chi connectivity index (χ2v) is 7.38. The van der Waals surface area contributed by atoms with Gasteiger partial charge >= 0.3 is 5.76 Å². The number of anilines is 2. The van der Waals surface area contributed by atoms with Crippen molar-refractivity contribution in [2.75, 3.05) is 36.4 Å². The van der Waals surface area contributed by atoms with Crippen molar-refractivity contribution in [3.63, 3.8) is 0 Å². The van der Waals surface area contributed by atoms with Gasteiger partial charge in [0.25, 0.3) is 5.91 Å². The first kappa shape index (κ1) is 22.2. The Morgan fingerprint density at radius 1 is 1.20 bits per heavy atom. The van der Waals surface area contributed by atoms with E-state index < -0.39 is 11.7 Å². The Labute approximate surface area is 187 Å². The van der Waals surface area contributed by atoms with Crippen molar-refractivity contribution < 1.29 is 9.32 Å². The molecule has 0 radical (unpaired) electrons. The first-order chi connectivity index (χ1) is 13.9. The first-order valence-electron chi connectivity index (χ1n) is 8.95. The van der Waals surface area contributed by atoms with Gasteiger partial charge in [-0.15, -0.1) is 12.4 Å². The zero-order valence-electron chi connectivity index (χ0n) is 15.8. The molecule has 1 aromatic carbocycles. The zero-order chi connectivity index (χ0) is 20.5. The summed E-state index contributed by atoms with van der Waals surface area (Å²) in [5.41, 5.74) is 2.89. The van der Waals surface area contributed by atoms with E-state index in [9.17, 15) is 9.59 Å². The predicted octanol–water partition coefficient (Wildman–Crippen LogP) is 3.06. The molecule has 0 bridgehead atoms. The third-order valence-corrected chi connectivity index (χ3v) is 5.65. The number of halogens is 3. The number of carbonyl (C=O) groups is 1. The number of hydrogen-bond acceptors (Lipinski definition) is 6. The quantitative estimate of drug-likeness (QED) is 0.462. The summed E-state index contributed by atoms with van der Waals surface area (Å²) in [5.74, 6) is -0.710. The van der Waals surface area contributed by atoms with Crippen LogP contribution in [0.2, 0.25) is 10.0 Å². The second-order valence-electron chi connectivity index (χ2n) is 6.62. The molecule has 4 rings (SSSR count). The smallest absolute Gasteiger partial charge is 0.367 e. The van der Waals surface area contributed by atoms with E-state index in [-0.39, 0.29) is 23.1 Å². The van der Waals surface area contributed by atoms with E-state index in [1.54, 1.807) is 19.1 Å². The largest absolute Gasteiger partial charge is 0.439 e. The number of piperazine rings is 1. The van der Waals surface area contributed by atoms with Gasteiger partial charge in [0.05, 0.1) is 21.4 Å². The average Bonchev–Trinajstić information content (AvgIpc) is 3.27. The summed E-state index contributed by atoms with van der Waals surface area (Å²) in [6, 6.07) is 5.34. The summed E-state index contributed by atoms with van der Waals surface area (Å²) < 4.78 is 4.60. The van der Waals surface area contributed by atoms with Gasteiger partial charge in [-0.25, -0.2) is 4.79 Å². The van der Waals surface area contributed by atoms with Crippen molar-refractivity contribution in [1.29, 1.82) is 0 Å². The van der Waals surface area contributed by atoms with Crippen molar-refractivity contribution in [2.24, 2.45) is 0 Å². The van der Waals surface area contributed by atoms with E-state index in [0.717, 1.165) is 31.9 Å². The van der Waals surface area contributed by atoms with Crippen molar-refractivity contribution in [3.05, 3.63) is 50.2 Å². The van der Waals surface area contributed by atoms with E-state index in [1.165, 1.54) is 0 Å². The molecule has 30 heavy (non-hydrogen) atoms. The van der Waals surface area contributed by atoms with Crippen LogP contribution in [0.25, 0.3) is 11.4 Å². The number of carbonyl (C=O) groups excluding carboxylic acids is 1. The normalized spacial score (nSPS) is 13.8. The molecule has 0 aliphatic carbocycles. The van der Waals surface area contributed by atoms with Gasteiger partial charge in [-0.1, -0.05) is 28.4 Å². The highest BCUT2D eigenvalue weighted by atomic mass is 35.5. The number of H-pyrrole nitrogens is 2. The van der Waals surface area contributed by atoms with Crippen LogP contribution in [0.3, 0.4) is 0 Å². The minimum Gasteiger partial charge on any atom is -0.367 e. The van der Waals surface area contributed by atoms with E-state index in [2.05, 4.69) is 35.2 Å². The van der Waals surface area contributed by atoms with Crippen molar-refractivity contribution in [3.8, 4) is 11.4 Å². The molecule has 9 nitrogen and oxygen atoms in total. The lowest BCUT2D eigenvalue weighted by atomic mass is 10.1. The highest BCUT2D eigenvalue weighted by Gasteiger charge is 2.22. The van der Waals surface area contributed by atoms with Gasteiger partial charge in [0.2, 0.25) is 0 Å². The van der Waals surface area contributed by atoms with Crippen LogP contribution in [-0.4, -0.2) is 47.2 Å². The number of nitrogens with one attached hydrogen (secondary N) is 4. The van der Waals surface area contributed by atoms with E-state index in [0.29, 0.717) is 27.8 Å². The number of amides is 1. The second kappa shape index (κ2) is 9.13. The number of nitrogens with zero attached hydrogens (tertiary/aromatic N) is 2.